The van der Waals surface area contributed by atoms with Gasteiger partial charge in [0.1, 0.15) is 16.6 Å². The molecule has 172 valence electrons. The average Bonchev–Trinajstić information content (AvgIpc) is 3.49. The number of amides is 2. The quantitative estimate of drug-likeness (QED) is 0.527. The summed E-state index contributed by atoms with van der Waals surface area (Å²) < 4.78 is 41.5. The first-order valence-corrected chi connectivity index (χ1v) is 12.6. The number of sulfonamides is 1. The van der Waals surface area contributed by atoms with Crippen molar-refractivity contribution in [2.24, 2.45) is 0 Å². The number of rotatable bonds is 8. The number of benzene rings is 2. The third-order valence-electron chi connectivity index (χ3n) is 5.23. The summed E-state index contributed by atoms with van der Waals surface area (Å²) in [5, 5.41) is 4.30. The van der Waals surface area contributed by atoms with E-state index < -0.39 is 28.3 Å². The molecule has 1 fully saturated rings. The highest BCUT2D eigenvalue weighted by atomic mass is 32.2. The van der Waals surface area contributed by atoms with E-state index in [1.165, 1.54) is 24.3 Å². The SMILES string of the molecule is O=C(CN(c1ccccc1F)S(=O)(=O)c1cccs1)NCc1cccc(N2CCCC2=O)c1. The van der Waals surface area contributed by atoms with Gasteiger partial charge in [-0.25, -0.2) is 12.8 Å². The molecular weight excluding hydrogens is 465 g/mol. The molecule has 0 unspecified atom stereocenters. The molecule has 4 rings (SSSR count). The first-order chi connectivity index (χ1) is 15.9. The Morgan fingerprint density at radius 1 is 1.12 bits per heavy atom. The van der Waals surface area contributed by atoms with Gasteiger partial charge in [0.25, 0.3) is 10.0 Å². The molecular formula is C23H22FN3O4S2. The molecule has 7 nitrogen and oxygen atoms in total. The zero-order valence-corrected chi connectivity index (χ0v) is 19.2. The van der Waals surface area contributed by atoms with Gasteiger partial charge in [0.2, 0.25) is 11.8 Å². The number of hydrogen-bond donors (Lipinski definition) is 1. The van der Waals surface area contributed by atoms with Gasteiger partial charge in [-0.05, 0) is 47.7 Å². The Hall–Kier alpha value is -3.24. The van der Waals surface area contributed by atoms with Gasteiger partial charge in [-0.1, -0.05) is 30.3 Å². The largest absolute Gasteiger partial charge is 0.350 e. The fourth-order valence-corrected chi connectivity index (χ4v) is 6.15. The minimum Gasteiger partial charge on any atom is -0.350 e. The lowest BCUT2D eigenvalue weighted by molar-refractivity contribution is -0.120. The van der Waals surface area contributed by atoms with Gasteiger partial charge < -0.3 is 10.2 Å². The van der Waals surface area contributed by atoms with Gasteiger partial charge in [-0.3, -0.25) is 13.9 Å². The maximum absolute atomic E-state index is 14.5. The number of thiophene rings is 1. The van der Waals surface area contributed by atoms with Crippen molar-refractivity contribution in [3.63, 3.8) is 0 Å². The summed E-state index contributed by atoms with van der Waals surface area (Å²) in [5.41, 5.74) is 1.33. The van der Waals surface area contributed by atoms with Gasteiger partial charge in [0.15, 0.2) is 0 Å². The molecule has 2 aromatic carbocycles. The van der Waals surface area contributed by atoms with Crippen molar-refractivity contribution >= 4 is 44.5 Å². The summed E-state index contributed by atoms with van der Waals surface area (Å²) in [7, 11) is -4.13. The maximum atomic E-state index is 14.5. The molecule has 0 spiro atoms. The molecule has 1 saturated heterocycles. The molecule has 3 aromatic rings. The summed E-state index contributed by atoms with van der Waals surface area (Å²) in [6.45, 7) is 0.219. The van der Waals surface area contributed by atoms with Crippen molar-refractivity contribution < 1.29 is 22.4 Å². The number of halogens is 1. The maximum Gasteiger partial charge on any atom is 0.274 e. The lowest BCUT2D eigenvalue weighted by Gasteiger charge is -2.23. The Labute approximate surface area is 195 Å². The van der Waals surface area contributed by atoms with E-state index in [1.54, 1.807) is 28.5 Å². The zero-order valence-electron chi connectivity index (χ0n) is 17.6. The van der Waals surface area contributed by atoms with Crippen LogP contribution in [0.4, 0.5) is 15.8 Å². The molecule has 2 amide bonds. The van der Waals surface area contributed by atoms with E-state index in [4.69, 9.17) is 0 Å². The molecule has 2 heterocycles. The Kier molecular flexibility index (Phi) is 6.75. The molecule has 0 atom stereocenters. The van der Waals surface area contributed by atoms with E-state index in [-0.39, 0.29) is 22.3 Å². The summed E-state index contributed by atoms with van der Waals surface area (Å²) >= 11 is 0.994. The molecule has 0 bridgehead atoms. The summed E-state index contributed by atoms with van der Waals surface area (Å²) in [4.78, 5) is 26.4. The van der Waals surface area contributed by atoms with Crippen LogP contribution < -0.4 is 14.5 Å². The van der Waals surface area contributed by atoms with Gasteiger partial charge in [-0.2, -0.15) is 0 Å². The van der Waals surface area contributed by atoms with E-state index in [0.717, 1.165) is 39.4 Å². The van der Waals surface area contributed by atoms with E-state index in [9.17, 15) is 22.4 Å². The lowest BCUT2D eigenvalue weighted by Crippen LogP contribution is -2.40. The monoisotopic (exact) mass is 487 g/mol. The first-order valence-electron chi connectivity index (χ1n) is 10.3. The number of anilines is 2. The molecule has 1 N–H and O–H groups in total. The predicted molar refractivity (Wildman–Crippen MR) is 125 cm³/mol. The summed E-state index contributed by atoms with van der Waals surface area (Å²) in [6.07, 6.45) is 1.33. The van der Waals surface area contributed by atoms with Gasteiger partial charge in [0, 0.05) is 25.2 Å². The van der Waals surface area contributed by atoms with Crippen LogP contribution in [-0.4, -0.2) is 33.3 Å². The minimum atomic E-state index is -4.13. The number of carbonyl (C=O) groups is 2. The van der Waals surface area contributed by atoms with Crippen LogP contribution in [0.5, 0.6) is 0 Å². The van der Waals surface area contributed by atoms with Crippen LogP contribution in [0.2, 0.25) is 0 Å². The second-order valence-electron chi connectivity index (χ2n) is 7.49. The van der Waals surface area contributed by atoms with Crippen LogP contribution in [0.1, 0.15) is 18.4 Å². The molecule has 10 heteroatoms. The van der Waals surface area contributed by atoms with Crippen molar-refractivity contribution in [1.82, 2.24) is 5.32 Å². The summed E-state index contributed by atoms with van der Waals surface area (Å²) in [5.74, 6) is -1.26. The Balaban J connectivity index is 1.50. The van der Waals surface area contributed by atoms with Crippen LogP contribution in [0.15, 0.2) is 70.3 Å². The van der Waals surface area contributed by atoms with Crippen molar-refractivity contribution in [1.29, 1.82) is 0 Å². The van der Waals surface area contributed by atoms with Crippen molar-refractivity contribution in [3.05, 3.63) is 77.4 Å². The van der Waals surface area contributed by atoms with Crippen molar-refractivity contribution in [2.45, 2.75) is 23.6 Å². The number of hydrogen-bond acceptors (Lipinski definition) is 5. The zero-order chi connectivity index (χ0) is 23.4. The van der Waals surface area contributed by atoms with Crippen LogP contribution in [0, 0.1) is 5.82 Å². The number of nitrogens with one attached hydrogen (secondary N) is 1. The number of nitrogens with zero attached hydrogens (tertiary/aromatic N) is 2. The van der Waals surface area contributed by atoms with Gasteiger partial charge in [-0.15, -0.1) is 11.3 Å². The summed E-state index contributed by atoms with van der Waals surface area (Å²) in [6, 6.07) is 15.7. The molecule has 1 aliphatic heterocycles. The standard InChI is InChI=1S/C23H22FN3O4S2/c24-19-8-1-2-9-20(19)27(33(30,31)23-11-5-13-32-23)16-21(28)25-15-17-6-3-7-18(14-17)26-12-4-10-22(26)29/h1-3,5-9,11,13-14H,4,10,12,15-16H2,(H,25,28). The highest BCUT2D eigenvalue weighted by Crippen LogP contribution is 2.28. The van der Waals surface area contributed by atoms with Crippen LogP contribution in [0.3, 0.4) is 0 Å². The third kappa shape index (κ3) is 5.07. The van der Waals surface area contributed by atoms with E-state index in [2.05, 4.69) is 5.32 Å². The average molecular weight is 488 g/mol. The van der Waals surface area contributed by atoms with Crippen LogP contribution >= 0.6 is 11.3 Å². The van der Waals surface area contributed by atoms with E-state index in [1.807, 2.05) is 12.1 Å². The Bertz CT molecular complexity index is 1260. The molecule has 1 aromatic heterocycles. The normalized spacial score (nSPS) is 13.8. The fraction of sp³-hybridized carbons (Fsp3) is 0.217. The predicted octanol–water partition coefficient (Wildman–Crippen LogP) is 3.53. The topological polar surface area (TPSA) is 86.8 Å². The van der Waals surface area contributed by atoms with Crippen LogP contribution in [0.25, 0.3) is 0 Å². The van der Waals surface area contributed by atoms with E-state index >= 15 is 0 Å². The third-order valence-corrected chi connectivity index (χ3v) is 8.37. The Morgan fingerprint density at radius 2 is 1.94 bits per heavy atom. The van der Waals surface area contributed by atoms with Gasteiger partial charge in [0.05, 0.1) is 5.69 Å². The fourth-order valence-electron chi connectivity index (χ4n) is 3.61. The molecule has 0 aliphatic carbocycles. The second-order valence-corrected chi connectivity index (χ2v) is 10.5. The van der Waals surface area contributed by atoms with Crippen molar-refractivity contribution in [2.75, 3.05) is 22.3 Å². The number of carbonyl (C=O) groups excluding carboxylic acids is 2. The first kappa shape index (κ1) is 22.9. The molecule has 1 aliphatic rings. The van der Waals surface area contributed by atoms with Crippen molar-refractivity contribution in [3.8, 4) is 0 Å². The van der Waals surface area contributed by atoms with Crippen LogP contribution in [-0.2, 0) is 26.2 Å². The number of para-hydroxylation sites is 1. The van der Waals surface area contributed by atoms with E-state index in [0.29, 0.717) is 13.0 Å². The highest BCUT2D eigenvalue weighted by Gasteiger charge is 2.30. The Morgan fingerprint density at radius 3 is 2.64 bits per heavy atom. The molecule has 0 radical (unpaired) electrons. The minimum absolute atomic E-state index is 0.0153. The lowest BCUT2D eigenvalue weighted by atomic mass is 10.2. The molecule has 0 saturated carbocycles. The highest BCUT2D eigenvalue weighted by molar-refractivity contribution is 7.94. The van der Waals surface area contributed by atoms with Gasteiger partial charge >= 0.3 is 0 Å². The second kappa shape index (κ2) is 9.72. The smallest absolute Gasteiger partial charge is 0.274 e. The molecule has 33 heavy (non-hydrogen) atoms.